The number of hydrogen-bond donors (Lipinski definition) is 1. The average Bonchev–Trinajstić information content (AvgIpc) is 2.60. The third-order valence-electron chi connectivity index (χ3n) is 3.98. The summed E-state index contributed by atoms with van der Waals surface area (Å²) in [6.45, 7) is 2.62. The van der Waals surface area contributed by atoms with E-state index in [-0.39, 0.29) is 12.2 Å². The molecule has 4 nitrogen and oxygen atoms in total. The quantitative estimate of drug-likeness (QED) is 0.552. The van der Waals surface area contributed by atoms with Crippen molar-refractivity contribution in [1.29, 1.82) is 0 Å². The zero-order valence-electron chi connectivity index (χ0n) is 13.6. The molecule has 1 aromatic heterocycles. The van der Waals surface area contributed by atoms with E-state index in [1.165, 1.54) is 11.1 Å². The molecule has 3 rings (SSSR count). The predicted molar refractivity (Wildman–Crippen MR) is 98.4 cm³/mol. The minimum absolute atomic E-state index is 0.0404. The van der Waals surface area contributed by atoms with Crippen LogP contribution < -0.4 is 5.56 Å². The van der Waals surface area contributed by atoms with Crippen LogP contribution in [0.3, 0.4) is 0 Å². The standard InChI is InChI=1S/C19H20N2O2S/c1-14-7-2-3-8-15(14)13-24-19-20-17-10-5-4-9-16(17)18(23)21(19)11-6-12-22/h2-5,7-10,22H,6,11-13H2,1H3. The molecule has 1 N–H and O–H groups in total. The molecular formula is C19H20N2O2S. The van der Waals surface area contributed by atoms with Crippen molar-refractivity contribution in [2.24, 2.45) is 0 Å². The molecule has 1 heterocycles. The van der Waals surface area contributed by atoms with Crippen LogP contribution >= 0.6 is 11.8 Å². The summed E-state index contributed by atoms with van der Waals surface area (Å²) in [7, 11) is 0. The largest absolute Gasteiger partial charge is 0.396 e. The molecule has 0 aliphatic heterocycles. The Morgan fingerprint density at radius 3 is 2.67 bits per heavy atom. The summed E-state index contributed by atoms with van der Waals surface area (Å²) in [4.78, 5) is 17.4. The molecule has 0 aliphatic rings. The van der Waals surface area contributed by atoms with Crippen molar-refractivity contribution in [2.75, 3.05) is 6.61 Å². The molecule has 24 heavy (non-hydrogen) atoms. The fourth-order valence-corrected chi connectivity index (χ4v) is 3.70. The van der Waals surface area contributed by atoms with Crippen molar-refractivity contribution in [1.82, 2.24) is 9.55 Å². The van der Waals surface area contributed by atoms with Gasteiger partial charge in [-0.15, -0.1) is 0 Å². The topological polar surface area (TPSA) is 55.1 Å². The Bertz CT molecular complexity index is 905. The van der Waals surface area contributed by atoms with E-state index in [9.17, 15) is 4.79 Å². The molecular weight excluding hydrogens is 320 g/mol. The Hall–Kier alpha value is -2.11. The van der Waals surface area contributed by atoms with E-state index in [0.29, 0.717) is 23.5 Å². The molecule has 0 fully saturated rings. The van der Waals surface area contributed by atoms with Gasteiger partial charge in [-0.25, -0.2) is 4.98 Å². The van der Waals surface area contributed by atoms with Crippen LogP contribution in [0.2, 0.25) is 0 Å². The van der Waals surface area contributed by atoms with Gasteiger partial charge in [0.05, 0.1) is 10.9 Å². The lowest BCUT2D eigenvalue weighted by Crippen LogP contribution is -2.24. The van der Waals surface area contributed by atoms with Crippen molar-refractivity contribution in [3.05, 3.63) is 70.0 Å². The SMILES string of the molecule is Cc1ccccc1CSc1nc2ccccc2c(=O)n1CCCO. The second kappa shape index (κ2) is 7.64. The summed E-state index contributed by atoms with van der Waals surface area (Å²) in [5.41, 5.74) is 3.14. The molecule has 0 amide bonds. The van der Waals surface area contributed by atoms with Crippen molar-refractivity contribution in [3.8, 4) is 0 Å². The van der Waals surface area contributed by atoms with Gasteiger partial charge in [0.1, 0.15) is 0 Å². The normalized spacial score (nSPS) is 11.1. The summed E-state index contributed by atoms with van der Waals surface area (Å²) in [5, 5.41) is 10.4. The molecule has 0 aliphatic carbocycles. The highest BCUT2D eigenvalue weighted by Gasteiger charge is 2.11. The zero-order chi connectivity index (χ0) is 16.9. The van der Waals surface area contributed by atoms with Crippen LogP contribution in [-0.4, -0.2) is 21.3 Å². The average molecular weight is 340 g/mol. The van der Waals surface area contributed by atoms with E-state index >= 15 is 0 Å². The maximum Gasteiger partial charge on any atom is 0.262 e. The molecule has 0 atom stereocenters. The molecule has 0 saturated carbocycles. The summed E-state index contributed by atoms with van der Waals surface area (Å²) in [6.07, 6.45) is 0.540. The van der Waals surface area contributed by atoms with Crippen LogP contribution in [-0.2, 0) is 12.3 Å². The van der Waals surface area contributed by atoms with Gasteiger partial charge in [0.25, 0.3) is 5.56 Å². The van der Waals surface area contributed by atoms with Crippen LogP contribution in [0.25, 0.3) is 10.9 Å². The van der Waals surface area contributed by atoms with E-state index in [4.69, 9.17) is 5.11 Å². The van der Waals surface area contributed by atoms with E-state index < -0.39 is 0 Å². The number of para-hydroxylation sites is 1. The molecule has 2 aromatic carbocycles. The predicted octanol–water partition coefficient (Wildman–Crippen LogP) is 3.38. The second-order valence-corrected chi connectivity index (χ2v) is 6.60. The van der Waals surface area contributed by atoms with E-state index in [0.717, 1.165) is 11.3 Å². The summed E-state index contributed by atoms with van der Waals surface area (Å²) >= 11 is 1.56. The number of hydrogen-bond acceptors (Lipinski definition) is 4. The third-order valence-corrected chi connectivity index (χ3v) is 5.01. The number of nitrogens with zero attached hydrogens (tertiary/aromatic N) is 2. The minimum Gasteiger partial charge on any atom is -0.396 e. The van der Waals surface area contributed by atoms with Crippen LogP contribution in [0.1, 0.15) is 17.5 Å². The smallest absolute Gasteiger partial charge is 0.262 e. The fraction of sp³-hybridized carbons (Fsp3) is 0.263. The first kappa shape index (κ1) is 16.7. The Balaban J connectivity index is 1.98. The van der Waals surface area contributed by atoms with Gasteiger partial charge >= 0.3 is 0 Å². The van der Waals surface area contributed by atoms with Gasteiger partial charge in [0.2, 0.25) is 0 Å². The maximum atomic E-state index is 12.8. The third kappa shape index (κ3) is 3.52. The highest BCUT2D eigenvalue weighted by molar-refractivity contribution is 7.98. The van der Waals surface area contributed by atoms with Crippen LogP contribution in [0.15, 0.2) is 58.5 Å². The molecule has 3 aromatic rings. The number of benzene rings is 2. The van der Waals surface area contributed by atoms with E-state index in [2.05, 4.69) is 24.0 Å². The summed E-state index contributed by atoms with van der Waals surface area (Å²) in [6, 6.07) is 15.6. The fourth-order valence-electron chi connectivity index (χ4n) is 2.60. The Morgan fingerprint density at radius 2 is 1.88 bits per heavy atom. The van der Waals surface area contributed by atoms with Crippen molar-refractivity contribution in [3.63, 3.8) is 0 Å². The van der Waals surface area contributed by atoms with Gasteiger partial charge in [-0.2, -0.15) is 0 Å². The van der Waals surface area contributed by atoms with Gasteiger partial charge in [0.15, 0.2) is 5.16 Å². The monoisotopic (exact) mass is 340 g/mol. The maximum absolute atomic E-state index is 12.8. The highest BCUT2D eigenvalue weighted by Crippen LogP contribution is 2.23. The van der Waals surface area contributed by atoms with Crippen LogP contribution in [0.5, 0.6) is 0 Å². The van der Waals surface area contributed by atoms with Gasteiger partial charge in [-0.05, 0) is 36.6 Å². The first-order chi connectivity index (χ1) is 11.7. The number of aromatic nitrogens is 2. The number of aliphatic hydroxyl groups is 1. The van der Waals surface area contributed by atoms with Gasteiger partial charge in [-0.1, -0.05) is 48.2 Å². The minimum atomic E-state index is -0.0404. The molecule has 5 heteroatoms. The Morgan fingerprint density at radius 1 is 1.12 bits per heavy atom. The molecule has 0 saturated heterocycles. The van der Waals surface area contributed by atoms with Gasteiger partial charge in [0, 0.05) is 18.9 Å². The van der Waals surface area contributed by atoms with Crippen LogP contribution in [0.4, 0.5) is 0 Å². The van der Waals surface area contributed by atoms with Gasteiger partial charge in [-0.3, -0.25) is 9.36 Å². The van der Waals surface area contributed by atoms with Crippen molar-refractivity contribution in [2.45, 2.75) is 30.8 Å². The summed E-state index contributed by atoms with van der Waals surface area (Å²) < 4.78 is 1.68. The van der Waals surface area contributed by atoms with Gasteiger partial charge < -0.3 is 5.11 Å². The van der Waals surface area contributed by atoms with E-state index in [1.54, 1.807) is 22.4 Å². The Kier molecular flexibility index (Phi) is 5.33. The van der Waals surface area contributed by atoms with Crippen molar-refractivity contribution < 1.29 is 5.11 Å². The molecule has 0 unspecified atom stereocenters. The van der Waals surface area contributed by atoms with E-state index in [1.807, 2.05) is 30.3 Å². The van der Waals surface area contributed by atoms with Crippen molar-refractivity contribution >= 4 is 22.7 Å². The Labute approximate surface area is 145 Å². The number of aryl methyl sites for hydroxylation is 1. The lowest BCUT2D eigenvalue weighted by Gasteiger charge is -2.13. The first-order valence-electron chi connectivity index (χ1n) is 7.98. The number of aliphatic hydroxyl groups excluding tert-OH is 1. The number of rotatable bonds is 6. The molecule has 0 spiro atoms. The molecule has 0 bridgehead atoms. The first-order valence-corrected chi connectivity index (χ1v) is 8.97. The molecule has 0 radical (unpaired) electrons. The highest BCUT2D eigenvalue weighted by atomic mass is 32.2. The number of fused-ring (bicyclic) bond motifs is 1. The lowest BCUT2D eigenvalue weighted by molar-refractivity contribution is 0.276. The number of thioether (sulfide) groups is 1. The lowest BCUT2D eigenvalue weighted by atomic mass is 10.1. The zero-order valence-corrected chi connectivity index (χ0v) is 14.4. The second-order valence-electron chi connectivity index (χ2n) is 5.66. The van der Waals surface area contributed by atoms with Crippen LogP contribution in [0, 0.1) is 6.92 Å². The summed E-state index contributed by atoms with van der Waals surface area (Å²) in [5.74, 6) is 0.760. The molecule has 124 valence electrons.